The van der Waals surface area contributed by atoms with Crippen molar-refractivity contribution in [3.8, 4) is 11.1 Å². The fourth-order valence-corrected chi connectivity index (χ4v) is 3.94. The molecule has 0 aromatic heterocycles. The lowest BCUT2D eigenvalue weighted by molar-refractivity contribution is -0.146. The predicted octanol–water partition coefficient (Wildman–Crippen LogP) is 2.91. The molecule has 1 heterocycles. The lowest BCUT2D eigenvalue weighted by Crippen LogP contribution is -2.46. The minimum atomic E-state index is -1.07. The summed E-state index contributed by atoms with van der Waals surface area (Å²) in [5, 5.41) is 9.15. The highest BCUT2D eigenvalue weighted by atomic mass is 16.6. The Morgan fingerprint density at radius 1 is 1.04 bits per heavy atom. The molecule has 1 amide bonds. The molecule has 0 spiro atoms. The molecule has 6 nitrogen and oxygen atoms in total. The molecule has 27 heavy (non-hydrogen) atoms. The second-order valence-corrected chi connectivity index (χ2v) is 6.96. The number of hydrogen-bond acceptors (Lipinski definition) is 4. The summed E-state index contributed by atoms with van der Waals surface area (Å²) in [5.41, 5.74) is 4.47. The number of rotatable bonds is 3. The molecule has 1 saturated heterocycles. The third-order valence-electron chi connectivity index (χ3n) is 5.23. The average molecular weight is 365 g/mol. The van der Waals surface area contributed by atoms with Gasteiger partial charge in [-0.2, -0.15) is 0 Å². The lowest BCUT2D eigenvalue weighted by atomic mass is 9.97. The van der Waals surface area contributed by atoms with Crippen LogP contribution in [0.5, 0.6) is 0 Å². The number of ether oxygens (including phenoxy) is 1. The summed E-state index contributed by atoms with van der Waals surface area (Å²) >= 11 is 0. The van der Waals surface area contributed by atoms with E-state index in [1.807, 2.05) is 36.4 Å². The Bertz CT molecular complexity index is 877. The van der Waals surface area contributed by atoms with E-state index in [1.54, 1.807) is 0 Å². The van der Waals surface area contributed by atoms with E-state index in [4.69, 9.17) is 9.84 Å². The monoisotopic (exact) mass is 365 g/mol. The van der Waals surface area contributed by atoms with Crippen molar-refractivity contribution in [2.75, 3.05) is 19.7 Å². The number of ketones is 1. The zero-order valence-corrected chi connectivity index (χ0v) is 14.6. The number of nitrogens with zero attached hydrogens (tertiary/aromatic N) is 1. The summed E-state index contributed by atoms with van der Waals surface area (Å²) in [4.78, 5) is 36.6. The Kier molecular flexibility index (Phi) is 4.39. The second kappa shape index (κ2) is 6.87. The summed E-state index contributed by atoms with van der Waals surface area (Å²) in [5.74, 6) is -2.27. The molecular weight excluding hydrogens is 346 g/mol. The second-order valence-electron chi connectivity index (χ2n) is 6.96. The minimum absolute atomic E-state index is 0.00223. The van der Waals surface area contributed by atoms with Crippen molar-refractivity contribution in [3.05, 3.63) is 59.7 Å². The molecule has 4 rings (SSSR count). The molecule has 1 aliphatic heterocycles. The summed E-state index contributed by atoms with van der Waals surface area (Å²) in [7, 11) is 0. The van der Waals surface area contributed by atoms with Crippen LogP contribution in [-0.2, 0) is 14.3 Å². The van der Waals surface area contributed by atoms with E-state index < -0.39 is 18.0 Å². The smallest absolute Gasteiger partial charge is 0.410 e. The number of carboxylic acid groups (broad SMARTS) is 1. The molecule has 0 bridgehead atoms. The van der Waals surface area contributed by atoms with Crippen LogP contribution in [0.2, 0.25) is 0 Å². The normalized spacial score (nSPS) is 18.7. The topological polar surface area (TPSA) is 83.9 Å². The zero-order chi connectivity index (χ0) is 19.0. The van der Waals surface area contributed by atoms with Crippen LogP contribution >= 0.6 is 0 Å². The van der Waals surface area contributed by atoms with E-state index in [9.17, 15) is 14.4 Å². The Labute approximate surface area is 156 Å². The summed E-state index contributed by atoms with van der Waals surface area (Å²) in [6.07, 6.45) is -0.682. The number of hydrogen-bond donors (Lipinski definition) is 1. The largest absolute Gasteiger partial charge is 0.481 e. The van der Waals surface area contributed by atoms with E-state index in [-0.39, 0.29) is 37.8 Å². The third-order valence-corrected chi connectivity index (χ3v) is 5.23. The van der Waals surface area contributed by atoms with Crippen LogP contribution in [0.4, 0.5) is 4.79 Å². The van der Waals surface area contributed by atoms with Crippen LogP contribution in [-0.4, -0.2) is 47.5 Å². The molecular formula is C21H19NO5. The van der Waals surface area contributed by atoms with Crippen LogP contribution in [0.1, 0.15) is 23.5 Å². The number of carbonyl (C=O) groups excluding carboxylic acids is 2. The van der Waals surface area contributed by atoms with Gasteiger partial charge in [-0.15, -0.1) is 0 Å². The van der Waals surface area contributed by atoms with Crippen molar-refractivity contribution in [3.63, 3.8) is 0 Å². The number of likely N-dealkylation sites (tertiary alicyclic amines) is 1. The maximum absolute atomic E-state index is 12.5. The molecule has 138 valence electrons. The molecule has 2 aliphatic rings. The van der Waals surface area contributed by atoms with E-state index in [2.05, 4.69) is 12.1 Å². The molecule has 2 aromatic carbocycles. The molecule has 0 saturated carbocycles. The van der Waals surface area contributed by atoms with Crippen LogP contribution in [0, 0.1) is 5.92 Å². The standard InChI is InChI=1S/C21H19NO5/c23-14-9-13(20(24)25)10-22(11-14)21(26)27-12-19-17-7-3-1-5-15(17)16-6-2-4-8-18(16)19/h1-8,13,19H,9-12H2,(H,24,25). The Balaban J connectivity index is 1.50. The highest BCUT2D eigenvalue weighted by Crippen LogP contribution is 2.44. The molecule has 0 radical (unpaired) electrons. The fourth-order valence-electron chi connectivity index (χ4n) is 3.94. The number of fused-ring (bicyclic) bond motifs is 3. The van der Waals surface area contributed by atoms with Crippen molar-refractivity contribution >= 4 is 17.8 Å². The van der Waals surface area contributed by atoms with Gasteiger partial charge in [0.05, 0.1) is 12.5 Å². The Hall–Kier alpha value is -3.15. The predicted molar refractivity (Wildman–Crippen MR) is 97.4 cm³/mol. The van der Waals surface area contributed by atoms with Gasteiger partial charge in [0.25, 0.3) is 0 Å². The maximum atomic E-state index is 12.5. The van der Waals surface area contributed by atoms with Crippen LogP contribution in [0.3, 0.4) is 0 Å². The Morgan fingerprint density at radius 3 is 2.22 bits per heavy atom. The van der Waals surface area contributed by atoms with Crippen LogP contribution in [0.15, 0.2) is 48.5 Å². The maximum Gasteiger partial charge on any atom is 0.410 e. The average Bonchev–Trinajstić information content (AvgIpc) is 2.99. The number of Topliss-reactive ketones (excluding diaryl/α,β-unsaturated/α-hetero) is 1. The van der Waals surface area contributed by atoms with Gasteiger partial charge in [0.2, 0.25) is 0 Å². The van der Waals surface area contributed by atoms with Gasteiger partial charge < -0.3 is 14.7 Å². The van der Waals surface area contributed by atoms with Gasteiger partial charge in [-0.1, -0.05) is 48.5 Å². The molecule has 1 aliphatic carbocycles. The Morgan fingerprint density at radius 2 is 1.63 bits per heavy atom. The fraction of sp³-hybridized carbons (Fsp3) is 0.286. The van der Waals surface area contributed by atoms with Gasteiger partial charge in [0.1, 0.15) is 6.61 Å². The first kappa shape index (κ1) is 17.3. The van der Waals surface area contributed by atoms with E-state index in [0.29, 0.717) is 0 Å². The molecule has 6 heteroatoms. The minimum Gasteiger partial charge on any atom is -0.481 e. The van der Waals surface area contributed by atoms with E-state index in [1.165, 1.54) is 4.90 Å². The van der Waals surface area contributed by atoms with Crippen molar-refractivity contribution < 1.29 is 24.2 Å². The van der Waals surface area contributed by atoms with Gasteiger partial charge in [-0.05, 0) is 22.3 Å². The summed E-state index contributed by atoms with van der Waals surface area (Å²) in [6, 6.07) is 16.0. The summed E-state index contributed by atoms with van der Waals surface area (Å²) < 4.78 is 5.50. The first-order valence-corrected chi connectivity index (χ1v) is 8.89. The number of amides is 1. The number of aliphatic carboxylic acids is 1. The third kappa shape index (κ3) is 3.18. The van der Waals surface area contributed by atoms with Gasteiger partial charge in [0.15, 0.2) is 5.78 Å². The molecule has 2 aromatic rings. The van der Waals surface area contributed by atoms with Crippen molar-refractivity contribution in [1.29, 1.82) is 0 Å². The highest BCUT2D eigenvalue weighted by molar-refractivity contribution is 5.89. The molecule has 1 unspecified atom stereocenters. The highest BCUT2D eigenvalue weighted by Gasteiger charge is 2.34. The van der Waals surface area contributed by atoms with Crippen LogP contribution < -0.4 is 0 Å². The number of carboxylic acids is 1. The van der Waals surface area contributed by atoms with Crippen molar-refractivity contribution in [2.45, 2.75) is 12.3 Å². The van der Waals surface area contributed by atoms with Gasteiger partial charge in [-0.3, -0.25) is 9.59 Å². The van der Waals surface area contributed by atoms with Gasteiger partial charge >= 0.3 is 12.1 Å². The molecule has 1 fully saturated rings. The zero-order valence-electron chi connectivity index (χ0n) is 14.6. The number of piperidine rings is 1. The quantitative estimate of drug-likeness (QED) is 0.904. The molecule has 1 N–H and O–H groups in total. The summed E-state index contributed by atoms with van der Waals surface area (Å²) in [6.45, 7) is 0.0491. The van der Waals surface area contributed by atoms with Crippen LogP contribution in [0.25, 0.3) is 11.1 Å². The van der Waals surface area contributed by atoms with Crippen molar-refractivity contribution in [2.24, 2.45) is 5.92 Å². The molecule has 1 atom stereocenters. The van der Waals surface area contributed by atoms with E-state index >= 15 is 0 Å². The first-order valence-electron chi connectivity index (χ1n) is 8.89. The lowest BCUT2D eigenvalue weighted by Gasteiger charge is -2.29. The van der Waals surface area contributed by atoms with E-state index in [0.717, 1.165) is 22.3 Å². The first-order chi connectivity index (χ1) is 13.0. The number of carbonyl (C=O) groups is 3. The van der Waals surface area contributed by atoms with Gasteiger partial charge in [-0.25, -0.2) is 4.79 Å². The SMILES string of the molecule is O=C1CC(C(=O)O)CN(C(=O)OCC2c3ccccc3-c3ccccc32)C1. The number of benzene rings is 2. The van der Waals surface area contributed by atoms with Crippen molar-refractivity contribution in [1.82, 2.24) is 4.90 Å². The van der Waals surface area contributed by atoms with Gasteiger partial charge in [0, 0.05) is 18.9 Å².